The highest BCUT2D eigenvalue weighted by Gasteiger charge is 2.09. The van der Waals surface area contributed by atoms with E-state index >= 15 is 0 Å². The van der Waals surface area contributed by atoms with Crippen LogP contribution in [0.3, 0.4) is 0 Å². The van der Waals surface area contributed by atoms with Gasteiger partial charge in [-0.2, -0.15) is 0 Å². The lowest BCUT2D eigenvalue weighted by molar-refractivity contribution is 0.148. The van der Waals surface area contributed by atoms with Gasteiger partial charge in [0.1, 0.15) is 0 Å². The second kappa shape index (κ2) is 7.08. The fourth-order valence-electron chi connectivity index (χ4n) is 1.36. The summed E-state index contributed by atoms with van der Waals surface area (Å²) in [7, 11) is 0. The second-order valence-corrected chi connectivity index (χ2v) is 4.87. The summed E-state index contributed by atoms with van der Waals surface area (Å²) in [4.78, 5) is 0. The molecule has 1 aromatic rings. The average Bonchev–Trinajstić information content (AvgIpc) is 2.35. The Morgan fingerprint density at radius 2 is 1.88 bits per heavy atom. The zero-order valence-electron chi connectivity index (χ0n) is 10.9. The second-order valence-electron chi connectivity index (χ2n) is 4.87. The molecule has 0 bridgehead atoms. The van der Waals surface area contributed by atoms with Gasteiger partial charge < -0.3 is 4.74 Å². The number of allylic oxidation sites excluding steroid dienone is 2. The van der Waals surface area contributed by atoms with Crippen LogP contribution in [0, 0.1) is 5.41 Å². The standard InChI is InChI=1S/C16H22O/c1-4-16(2,3)12-8-9-13-17-14-15-10-6-5-7-11-15/h4-11H,1,12-14H2,2-3H3/b9-8+. The normalized spacial score (nSPS) is 11.9. The molecule has 1 heteroatoms. The van der Waals surface area contributed by atoms with Crippen molar-refractivity contribution in [2.24, 2.45) is 5.41 Å². The van der Waals surface area contributed by atoms with Crippen LogP contribution in [-0.4, -0.2) is 6.61 Å². The van der Waals surface area contributed by atoms with E-state index in [1.54, 1.807) is 0 Å². The van der Waals surface area contributed by atoms with E-state index in [1.807, 2.05) is 24.3 Å². The van der Waals surface area contributed by atoms with Gasteiger partial charge in [-0.15, -0.1) is 6.58 Å². The van der Waals surface area contributed by atoms with Gasteiger partial charge in [0, 0.05) is 0 Å². The average molecular weight is 230 g/mol. The summed E-state index contributed by atoms with van der Waals surface area (Å²) in [5, 5.41) is 0. The van der Waals surface area contributed by atoms with Gasteiger partial charge in [0.05, 0.1) is 13.2 Å². The minimum Gasteiger partial charge on any atom is -0.373 e. The molecule has 0 spiro atoms. The summed E-state index contributed by atoms with van der Waals surface area (Å²) >= 11 is 0. The monoisotopic (exact) mass is 230 g/mol. The van der Waals surface area contributed by atoms with Crippen molar-refractivity contribution in [1.82, 2.24) is 0 Å². The molecule has 0 aliphatic heterocycles. The Balaban J connectivity index is 2.16. The number of benzene rings is 1. The predicted molar refractivity (Wildman–Crippen MR) is 73.8 cm³/mol. The Labute approximate surface area is 105 Å². The molecule has 1 nitrogen and oxygen atoms in total. The molecule has 0 unspecified atom stereocenters. The lowest BCUT2D eigenvalue weighted by Crippen LogP contribution is -2.04. The maximum Gasteiger partial charge on any atom is 0.0721 e. The van der Waals surface area contributed by atoms with Crippen molar-refractivity contribution in [3.05, 3.63) is 60.7 Å². The molecule has 0 aromatic heterocycles. The molecule has 92 valence electrons. The maximum absolute atomic E-state index is 5.56. The Kier molecular flexibility index (Phi) is 5.71. The van der Waals surface area contributed by atoms with Crippen LogP contribution < -0.4 is 0 Å². The Hall–Kier alpha value is -1.34. The molecule has 0 N–H and O–H groups in total. The van der Waals surface area contributed by atoms with Crippen molar-refractivity contribution in [2.45, 2.75) is 26.9 Å². The minimum absolute atomic E-state index is 0.177. The van der Waals surface area contributed by atoms with Crippen LogP contribution in [0.5, 0.6) is 0 Å². The van der Waals surface area contributed by atoms with E-state index in [-0.39, 0.29) is 5.41 Å². The Morgan fingerprint density at radius 1 is 1.18 bits per heavy atom. The van der Waals surface area contributed by atoms with Crippen LogP contribution >= 0.6 is 0 Å². The molecule has 0 amide bonds. The molecule has 0 aliphatic rings. The minimum atomic E-state index is 0.177. The Morgan fingerprint density at radius 3 is 2.53 bits per heavy atom. The number of rotatable bonds is 7. The van der Waals surface area contributed by atoms with Gasteiger partial charge in [0.15, 0.2) is 0 Å². The SMILES string of the molecule is C=CC(C)(C)C/C=C/COCc1ccccc1. The fraction of sp³-hybridized carbons (Fsp3) is 0.375. The van der Waals surface area contributed by atoms with E-state index in [0.717, 1.165) is 6.42 Å². The van der Waals surface area contributed by atoms with Gasteiger partial charge >= 0.3 is 0 Å². The van der Waals surface area contributed by atoms with Crippen LogP contribution in [0.1, 0.15) is 25.8 Å². The quantitative estimate of drug-likeness (QED) is 0.499. The van der Waals surface area contributed by atoms with E-state index in [1.165, 1.54) is 5.56 Å². The van der Waals surface area contributed by atoms with Gasteiger partial charge in [-0.25, -0.2) is 0 Å². The number of ether oxygens (including phenoxy) is 1. The maximum atomic E-state index is 5.56. The molecular formula is C16H22O. The summed E-state index contributed by atoms with van der Waals surface area (Å²) in [5.74, 6) is 0. The largest absolute Gasteiger partial charge is 0.373 e. The van der Waals surface area contributed by atoms with Gasteiger partial charge in [0.25, 0.3) is 0 Å². The van der Waals surface area contributed by atoms with E-state index in [4.69, 9.17) is 4.74 Å². The number of hydrogen-bond acceptors (Lipinski definition) is 1. The molecular weight excluding hydrogens is 208 g/mol. The molecule has 0 radical (unpaired) electrons. The third kappa shape index (κ3) is 6.08. The first-order chi connectivity index (χ1) is 8.14. The van der Waals surface area contributed by atoms with Crippen molar-refractivity contribution >= 4 is 0 Å². The lowest BCUT2D eigenvalue weighted by Gasteiger charge is -2.16. The summed E-state index contributed by atoms with van der Waals surface area (Å²) < 4.78 is 5.56. The molecule has 0 saturated heterocycles. The van der Waals surface area contributed by atoms with Gasteiger partial charge in [-0.05, 0) is 17.4 Å². The van der Waals surface area contributed by atoms with Crippen LogP contribution in [0.25, 0.3) is 0 Å². The zero-order chi connectivity index (χ0) is 12.6. The molecule has 0 saturated carbocycles. The van der Waals surface area contributed by atoms with Crippen molar-refractivity contribution in [1.29, 1.82) is 0 Å². The van der Waals surface area contributed by atoms with Crippen LogP contribution in [0.4, 0.5) is 0 Å². The van der Waals surface area contributed by atoms with Gasteiger partial charge in [-0.1, -0.05) is 62.4 Å². The van der Waals surface area contributed by atoms with Crippen molar-refractivity contribution in [3.8, 4) is 0 Å². The highest BCUT2D eigenvalue weighted by molar-refractivity contribution is 5.13. The van der Waals surface area contributed by atoms with Crippen molar-refractivity contribution < 1.29 is 4.74 Å². The summed E-state index contributed by atoms with van der Waals surface area (Å²) in [6, 6.07) is 10.2. The van der Waals surface area contributed by atoms with Crippen molar-refractivity contribution in [3.63, 3.8) is 0 Å². The van der Waals surface area contributed by atoms with Crippen LogP contribution in [0.15, 0.2) is 55.1 Å². The van der Waals surface area contributed by atoms with E-state index in [0.29, 0.717) is 13.2 Å². The van der Waals surface area contributed by atoms with Crippen LogP contribution in [0.2, 0.25) is 0 Å². The predicted octanol–water partition coefficient (Wildman–Crippen LogP) is 4.36. The fourth-order valence-corrected chi connectivity index (χ4v) is 1.36. The first kappa shape index (κ1) is 13.7. The topological polar surface area (TPSA) is 9.23 Å². The van der Waals surface area contributed by atoms with Gasteiger partial charge in [-0.3, -0.25) is 0 Å². The van der Waals surface area contributed by atoms with Crippen molar-refractivity contribution in [2.75, 3.05) is 6.61 Å². The third-order valence-electron chi connectivity index (χ3n) is 2.69. The summed E-state index contributed by atoms with van der Waals surface area (Å²) in [5.41, 5.74) is 1.39. The molecule has 17 heavy (non-hydrogen) atoms. The molecule has 1 aromatic carbocycles. The summed E-state index contributed by atoms with van der Waals surface area (Å²) in [6.45, 7) is 9.52. The summed E-state index contributed by atoms with van der Waals surface area (Å²) in [6.07, 6.45) is 7.23. The first-order valence-electron chi connectivity index (χ1n) is 6.04. The molecule has 0 aliphatic carbocycles. The number of hydrogen-bond donors (Lipinski definition) is 0. The van der Waals surface area contributed by atoms with Gasteiger partial charge in [0.2, 0.25) is 0 Å². The van der Waals surface area contributed by atoms with E-state index < -0.39 is 0 Å². The smallest absolute Gasteiger partial charge is 0.0721 e. The van der Waals surface area contributed by atoms with E-state index in [9.17, 15) is 0 Å². The molecule has 1 rings (SSSR count). The van der Waals surface area contributed by atoms with Crippen LogP contribution in [-0.2, 0) is 11.3 Å². The Bertz CT molecular complexity index is 349. The lowest BCUT2D eigenvalue weighted by atomic mass is 9.90. The molecule has 0 fully saturated rings. The first-order valence-corrected chi connectivity index (χ1v) is 6.04. The third-order valence-corrected chi connectivity index (χ3v) is 2.69. The molecule has 0 heterocycles. The highest BCUT2D eigenvalue weighted by Crippen LogP contribution is 2.21. The highest BCUT2D eigenvalue weighted by atomic mass is 16.5. The molecule has 0 atom stereocenters. The van der Waals surface area contributed by atoms with E-state index in [2.05, 4.69) is 44.7 Å². The zero-order valence-corrected chi connectivity index (χ0v) is 10.9.